The molecule has 0 aliphatic rings. The number of aliphatic hydroxyl groups is 1. The van der Waals surface area contributed by atoms with Gasteiger partial charge >= 0.3 is 5.97 Å². The van der Waals surface area contributed by atoms with E-state index >= 15 is 0 Å². The summed E-state index contributed by atoms with van der Waals surface area (Å²) >= 11 is 0. The highest BCUT2D eigenvalue weighted by molar-refractivity contribution is 5.92. The summed E-state index contributed by atoms with van der Waals surface area (Å²) in [4.78, 5) is 39.8. The van der Waals surface area contributed by atoms with Crippen molar-refractivity contribution in [3.8, 4) is 0 Å². The lowest BCUT2D eigenvalue weighted by Gasteiger charge is -2.27. The second kappa shape index (κ2) is 10.2. The Hall–Kier alpha value is -2.91. The Kier molecular flexibility index (Phi) is 7.96. The smallest absolute Gasteiger partial charge is 0.328 e. The molecule has 1 aromatic carbocycles. The maximum atomic E-state index is 12.7. The highest BCUT2D eigenvalue weighted by atomic mass is 16.4. The minimum absolute atomic E-state index is 0.266. The van der Waals surface area contributed by atoms with Crippen LogP contribution in [0.5, 0.6) is 0 Å². The highest BCUT2D eigenvalue weighted by Gasteiger charge is 2.32. The lowest BCUT2D eigenvalue weighted by atomic mass is 9.96. The lowest BCUT2D eigenvalue weighted by molar-refractivity contribution is -0.145. The van der Waals surface area contributed by atoms with Gasteiger partial charge in [-0.2, -0.15) is 0 Å². The molecule has 0 radical (unpaired) electrons. The van der Waals surface area contributed by atoms with E-state index in [9.17, 15) is 24.6 Å². The molecule has 0 aliphatic heterocycles. The largest absolute Gasteiger partial charge is 0.480 e. The standard InChI is InChI=1S/C21H30N4O5/c1-4-11(2)17(20(28)25-18(12(3)26)21(29)30)24-19(27)15(22)9-13-10-23-16-8-6-5-7-14(13)16/h5-8,10-12,15,17-18,23,26H,4,9,22H2,1-3H3,(H,24,27)(H,25,28)(H,29,30)/t11-,12+,15-,17-,18-/m0/s1. The van der Waals surface area contributed by atoms with Crippen LogP contribution in [0.2, 0.25) is 0 Å². The first-order valence-corrected chi connectivity index (χ1v) is 9.97. The molecule has 1 heterocycles. The van der Waals surface area contributed by atoms with E-state index in [2.05, 4.69) is 15.6 Å². The van der Waals surface area contributed by atoms with Gasteiger partial charge in [-0.3, -0.25) is 9.59 Å². The predicted molar refractivity (Wildman–Crippen MR) is 113 cm³/mol. The number of H-pyrrole nitrogens is 1. The number of carbonyl (C=O) groups is 3. The van der Waals surface area contributed by atoms with E-state index in [-0.39, 0.29) is 12.3 Å². The van der Waals surface area contributed by atoms with Crippen molar-refractivity contribution in [3.05, 3.63) is 36.0 Å². The number of amides is 2. The second-order valence-electron chi connectivity index (χ2n) is 7.61. The van der Waals surface area contributed by atoms with Gasteiger partial charge in [0.2, 0.25) is 11.8 Å². The van der Waals surface area contributed by atoms with Crippen molar-refractivity contribution in [1.82, 2.24) is 15.6 Å². The summed E-state index contributed by atoms with van der Waals surface area (Å²) in [6, 6.07) is 4.32. The molecule has 0 saturated heterocycles. The number of nitrogens with two attached hydrogens (primary N) is 1. The van der Waals surface area contributed by atoms with Gasteiger partial charge in [0.15, 0.2) is 6.04 Å². The van der Waals surface area contributed by atoms with E-state index in [0.29, 0.717) is 6.42 Å². The Morgan fingerprint density at radius 3 is 2.33 bits per heavy atom. The number of nitrogens with one attached hydrogen (secondary N) is 3. The molecular formula is C21H30N4O5. The van der Waals surface area contributed by atoms with Crippen molar-refractivity contribution < 1.29 is 24.6 Å². The molecule has 9 heteroatoms. The van der Waals surface area contributed by atoms with Gasteiger partial charge in [0.1, 0.15) is 6.04 Å². The minimum Gasteiger partial charge on any atom is -0.480 e. The van der Waals surface area contributed by atoms with Crippen LogP contribution in [0.25, 0.3) is 10.9 Å². The number of aromatic amines is 1. The number of aromatic nitrogens is 1. The molecule has 5 atom stereocenters. The third-order valence-electron chi connectivity index (χ3n) is 5.29. The SMILES string of the molecule is CC[C@H](C)[C@H](NC(=O)[C@@H](N)Cc1c[nH]c2ccccc12)C(=O)N[C@H](C(=O)O)[C@@H](C)O. The van der Waals surface area contributed by atoms with Gasteiger partial charge in [-0.25, -0.2) is 4.79 Å². The first-order valence-electron chi connectivity index (χ1n) is 9.97. The number of carbonyl (C=O) groups excluding carboxylic acids is 2. The Labute approximate surface area is 175 Å². The number of hydrogen-bond acceptors (Lipinski definition) is 5. The van der Waals surface area contributed by atoms with Crippen LogP contribution in [0.15, 0.2) is 30.5 Å². The molecule has 164 valence electrons. The number of hydrogen-bond donors (Lipinski definition) is 6. The molecule has 0 aliphatic carbocycles. The van der Waals surface area contributed by atoms with Crippen molar-refractivity contribution in [3.63, 3.8) is 0 Å². The number of fused-ring (bicyclic) bond motifs is 1. The molecular weight excluding hydrogens is 388 g/mol. The van der Waals surface area contributed by atoms with Gasteiger partial charge in [-0.05, 0) is 30.9 Å². The second-order valence-corrected chi connectivity index (χ2v) is 7.61. The van der Waals surface area contributed by atoms with Crippen LogP contribution in [-0.2, 0) is 20.8 Å². The monoisotopic (exact) mass is 418 g/mol. The number of aliphatic hydroxyl groups excluding tert-OH is 1. The van der Waals surface area contributed by atoms with Gasteiger partial charge in [0.05, 0.1) is 12.1 Å². The topological polar surface area (TPSA) is 158 Å². The summed E-state index contributed by atoms with van der Waals surface area (Å²) in [6.07, 6.45) is 1.36. The summed E-state index contributed by atoms with van der Waals surface area (Å²) in [5, 5.41) is 24.7. The number of rotatable bonds is 10. The molecule has 0 saturated carbocycles. The molecule has 0 unspecified atom stereocenters. The van der Waals surface area contributed by atoms with E-state index in [1.807, 2.05) is 31.2 Å². The van der Waals surface area contributed by atoms with E-state index in [1.165, 1.54) is 6.92 Å². The fourth-order valence-electron chi connectivity index (χ4n) is 3.22. The quantitative estimate of drug-likeness (QED) is 0.330. The zero-order valence-electron chi connectivity index (χ0n) is 17.4. The van der Waals surface area contributed by atoms with Gasteiger partial charge in [-0.1, -0.05) is 38.5 Å². The average molecular weight is 418 g/mol. The summed E-state index contributed by atoms with van der Waals surface area (Å²) < 4.78 is 0. The predicted octanol–water partition coefficient (Wildman–Crippen LogP) is 0.519. The number of carboxylic acid groups (broad SMARTS) is 1. The molecule has 9 nitrogen and oxygen atoms in total. The number of carboxylic acids is 1. The maximum Gasteiger partial charge on any atom is 0.328 e. The first-order chi connectivity index (χ1) is 14.1. The molecule has 2 amide bonds. The van der Waals surface area contributed by atoms with E-state index < -0.39 is 42.0 Å². The van der Waals surface area contributed by atoms with E-state index in [0.717, 1.165) is 16.5 Å². The molecule has 7 N–H and O–H groups in total. The third kappa shape index (κ3) is 5.58. The van der Waals surface area contributed by atoms with Crippen molar-refractivity contribution in [2.24, 2.45) is 11.7 Å². The van der Waals surface area contributed by atoms with Crippen LogP contribution >= 0.6 is 0 Å². The molecule has 0 spiro atoms. The van der Waals surface area contributed by atoms with Gasteiger partial charge in [0.25, 0.3) is 0 Å². The molecule has 0 bridgehead atoms. The maximum absolute atomic E-state index is 12.7. The van der Waals surface area contributed by atoms with Crippen molar-refractivity contribution in [2.75, 3.05) is 0 Å². The van der Waals surface area contributed by atoms with Gasteiger partial charge in [-0.15, -0.1) is 0 Å². The number of aliphatic carboxylic acids is 1. The number of benzene rings is 1. The van der Waals surface area contributed by atoms with Crippen molar-refractivity contribution >= 4 is 28.7 Å². The highest BCUT2D eigenvalue weighted by Crippen LogP contribution is 2.19. The third-order valence-corrected chi connectivity index (χ3v) is 5.29. The van der Waals surface area contributed by atoms with Crippen LogP contribution < -0.4 is 16.4 Å². The van der Waals surface area contributed by atoms with E-state index in [1.54, 1.807) is 13.1 Å². The Morgan fingerprint density at radius 1 is 1.10 bits per heavy atom. The molecule has 2 aromatic rings. The van der Waals surface area contributed by atoms with Crippen LogP contribution in [0, 0.1) is 5.92 Å². The molecule has 0 fully saturated rings. The summed E-state index contributed by atoms with van der Waals surface area (Å²) in [7, 11) is 0. The summed E-state index contributed by atoms with van der Waals surface area (Å²) in [6.45, 7) is 4.90. The van der Waals surface area contributed by atoms with Crippen molar-refractivity contribution in [1.29, 1.82) is 0 Å². The van der Waals surface area contributed by atoms with Crippen LogP contribution in [0.3, 0.4) is 0 Å². The molecule has 2 rings (SSSR count). The lowest BCUT2D eigenvalue weighted by Crippen LogP contribution is -2.58. The molecule has 30 heavy (non-hydrogen) atoms. The van der Waals surface area contributed by atoms with Crippen LogP contribution in [0.4, 0.5) is 0 Å². The summed E-state index contributed by atoms with van der Waals surface area (Å²) in [5.74, 6) is -2.81. The zero-order chi connectivity index (χ0) is 22.4. The van der Waals surface area contributed by atoms with Crippen LogP contribution in [0.1, 0.15) is 32.8 Å². The minimum atomic E-state index is -1.47. The first kappa shape index (κ1) is 23.4. The zero-order valence-corrected chi connectivity index (χ0v) is 17.4. The Morgan fingerprint density at radius 2 is 1.73 bits per heavy atom. The fraction of sp³-hybridized carbons (Fsp3) is 0.476. The van der Waals surface area contributed by atoms with Gasteiger partial charge < -0.3 is 31.6 Å². The van der Waals surface area contributed by atoms with Gasteiger partial charge in [0, 0.05) is 17.1 Å². The average Bonchev–Trinajstić information content (AvgIpc) is 3.11. The molecule has 1 aromatic heterocycles. The Bertz CT molecular complexity index is 894. The van der Waals surface area contributed by atoms with Crippen molar-refractivity contribution in [2.45, 2.75) is 57.8 Å². The number of para-hydroxylation sites is 1. The summed E-state index contributed by atoms with van der Waals surface area (Å²) in [5.41, 5.74) is 7.92. The van der Waals surface area contributed by atoms with E-state index in [4.69, 9.17) is 5.73 Å². The van der Waals surface area contributed by atoms with Crippen LogP contribution in [-0.4, -0.2) is 57.2 Å². The Balaban J connectivity index is 2.10. The normalized spacial score (nSPS) is 16.3. The fourth-order valence-corrected chi connectivity index (χ4v) is 3.22.